The minimum Gasteiger partial charge on any atom is -0.150 e. The Bertz CT molecular complexity index is 452. The van der Waals surface area contributed by atoms with Crippen LogP contribution in [0.2, 0.25) is 0 Å². The van der Waals surface area contributed by atoms with Gasteiger partial charge < -0.3 is 0 Å². The Morgan fingerprint density at radius 2 is 2.00 bits per heavy atom. The normalized spacial score (nSPS) is 24.1. The molecular weight excluding hydrogens is 258 g/mol. The van der Waals surface area contributed by atoms with Crippen LogP contribution in [-0.4, -0.2) is 6.04 Å². The highest BCUT2D eigenvalue weighted by molar-refractivity contribution is 5.54. The van der Waals surface area contributed by atoms with Gasteiger partial charge in [0, 0.05) is 0 Å². The highest BCUT2D eigenvalue weighted by Gasteiger charge is 2.29. The number of benzene rings is 1. The van der Waals surface area contributed by atoms with Gasteiger partial charge >= 0.3 is 0 Å². The summed E-state index contributed by atoms with van der Waals surface area (Å²) < 4.78 is 0. The van der Waals surface area contributed by atoms with Gasteiger partial charge in [0.05, 0.1) is 0 Å². The predicted molar refractivity (Wildman–Crippen MR) is 90.1 cm³/mol. The van der Waals surface area contributed by atoms with Crippen LogP contribution >= 0.6 is 0 Å². The molecule has 0 amide bonds. The van der Waals surface area contributed by atoms with Crippen molar-refractivity contribution in [2.24, 2.45) is 11.1 Å². The van der Waals surface area contributed by atoms with Gasteiger partial charge in [-0.1, -0.05) is 74.2 Å². The third-order valence-corrected chi connectivity index (χ3v) is 4.56. The minimum atomic E-state index is -0.0967. The topological polar surface area (TPSA) is 29.4 Å². The average molecular weight is 285 g/mol. The van der Waals surface area contributed by atoms with Gasteiger partial charge in [-0.3, -0.25) is 0 Å². The van der Waals surface area contributed by atoms with E-state index in [4.69, 9.17) is 0 Å². The second-order valence-corrected chi connectivity index (χ2v) is 6.18. The molecule has 1 fully saturated rings. The first-order chi connectivity index (χ1) is 10.3. The van der Waals surface area contributed by atoms with E-state index in [9.17, 15) is 4.91 Å². The molecule has 1 aromatic rings. The molecule has 0 radical (unpaired) electrons. The summed E-state index contributed by atoms with van der Waals surface area (Å²) in [5.41, 5.74) is 2.43. The van der Waals surface area contributed by atoms with Crippen molar-refractivity contribution in [3.8, 4) is 0 Å². The fourth-order valence-corrected chi connectivity index (χ4v) is 3.39. The smallest absolute Gasteiger partial charge is 0.116 e. The van der Waals surface area contributed by atoms with Gasteiger partial charge in [-0.15, -0.1) is 0 Å². The number of hydrogen-bond donors (Lipinski definition) is 0. The van der Waals surface area contributed by atoms with Crippen LogP contribution in [0.5, 0.6) is 0 Å². The summed E-state index contributed by atoms with van der Waals surface area (Å²) >= 11 is 0. The molecule has 2 heteroatoms. The van der Waals surface area contributed by atoms with Crippen LogP contribution in [0.25, 0.3) is 6.08 Å². The molecule has 2 rings (SSSR count). The van der Waals surface area contributed by atoms with E-state index >= 15 is 0 Å². The van der Waals surface area contributed by atoms with Crippen LogP contribution in [0.1, 0.15) is 63.9 Å². The summed E-state index contributed by atoms with van der Waals surface area (Å²) in [6.45, 7) is 2.23. The standard InChI is InChI=1S/C19H27NO/c1-2-3-4-8-12-17-13-9-14-18(19(17)20-21)15-16-10-6-5-7-11-16/h5-7,10-11,15,17,19H,2-4,8-9,12-14H2,1H3. The molecule has 1 aromatic carbocycles. The Hall–Kier alpha value is -1.44. The SMILES string of the molecule is CCCCCCC1CCCC(=Cc2ccccc2)C1N=O. The molecule has 2 unspecified atom stereocenters. The molecule has 1 aliphatic rings. The van der Waals surface area contributed by atoms with Crippen molar-refractivity contribution in [1.29, 1.82) is 0 Å². The molecule has 21 heavy (non-hydrogen) atoms. The van der Waals surface area contributed by atoms with Gasteiger partial charge in [0.25, 0.3) is 0 Å². The second kappa shape index (κ2) is 8.76. The van der Waals surface area contributed by atoms with Crippen LogP contribution in [0.4, 0.5) is 0 Å². The highest BCUT2D eigenvalue weighted by Crippen LogP contribution is 2.35. The van der Waals surface area contributed by atoms with Crippen LogP contribution in [0, 0.1) is 10.8 Å². The zero-order valence-corrected chi connectivity index (χ0v) is 13.1. The fraction of sp³-hybridized carbons (Fsp3) is 0.579. The Labute approximate surface area is 128 Å². The molecule has 2 nitrogen and oxygen atoms in total. The van der Waals surface area contributed by atoms with Crippen molar-refractivity contribution in [3.63, 3.8) is 0 Å². The molecule has 0 N–H and O–H groups in total. The summed E-state index contributed by atoms with van der Waals surface area (Å²) in [6, 6.07) is 10.2. The lowest BCUT2D eigenvalue weighted by molar-refractivity contribution is 0.338. The van der Waals surface area contributed by atoms with Gasteiger partial charge in [-0.25, -0.2) is 0 Å². The Balaban J connectivity index is 2.01. The molecule has 0 heterocycles. The summed E-state index contributed by atoms with van der Waals surface area (Å²) in [5, 5.41) is 3.49. The van der Waals surface area contributed by atoms with E-state index in [-0.39, 0.29) is 6.04 Å². The number of unbranched alkanes of at least 4 members (excludes halogenated alkanes) is 3. The molecule has 1 aliphatic carbocycles. The van der Waals surface area contributed by atoms with Crippen molar-refractivity contribution in [2.75, 3.05) is 0 Å². The van der Waals surface area contributed by atoms with Gasteiger partial charge in [0.1, 0.15) is 6.04 Å². The lowest BCUT2D eigenvalue weighted by atomic mass is 9.78. The third kappa shape index (κ3) is 4.80. The molecule has 0 bridgehead atoms. The van der Waals surface area contributed by atoms with Crippen molar-refractivity contribution in [2.45, 2.75) is 64.3 Å². The molecule has 0 spiro atoms. The monoisotopic (exact) mass is 285 g/mol. The van der Waals surface area contributed by atoms with Crippen LogP contribution in [-0.2, 0) is 0 Å². The Morgan fingerprint density at radius 1 is 1.19 bits per heavy atom. The van der Waals surface area contributed by atoms with E-state index in [2.05, 4.69) is 30.3 Å². The lowest BCUT2D eigenvalue weighted by Gasteiger charge is -2.29. The summed E-state index contributed by atoms with van der Waals surface area (Å²) in [6.07, 6.45) is 11.8. The molecule has 2 atom stereocenters. The highest BCUT2D eigenvalue weighted by atomic mass is 16.3. The molecule has 1 saturated carbocycles. The van der Waals surface area contributed by atoms with Crippen molar-refractivity contribution >= 4 is 6.08 Å². The Kier molecular flexibility index (Phi) is 6.65. The predicted octanol–water partition coefficient (Wildman–Crippen LogP) is 5.98. The zero-order chi connectivity index (χ0) is 14.9. The van der Waals surface area contributed by atoms with E-state index in [1.165, 1.54) is 43.2 Å². The zero-order valence-electron chi connectivity index (χ0n) is 13.1. The first-order valence-electron chi connectivity index (χ1n) is 8.43. The maximum Gasteiger partial charge on any atom is 0.116 e. The maximum absolute atomic E-state index is 11.4. The summed E-state index contributed by atoms with van der Waals surface area (Å²) in [5.74, 6) is 0.461. The van der Waals surface area contributed by atoms with Gasteiger partial charge in [0.15, 0.2) is 0 Å². The van der Waals surface area contributed by atoms with Gasteiger partial charge in [-0.05, 0) is 42.7 Å². The maximum atomic E-state index is 11.4. The largest absolute Gasteiger partial charge is 0.150 e. The van der Waals surface area contributed by atoms with Gasteiger partial charge in [-0.2, -0.15) is 4.91 Å². The van der Waals surface area contributed by atoms with E-state index in [1.54, 1.807) is 0 Å². The molecular formula is C19H27NO. The number of hydrogen-bond acceptors (Lipinski definition) is 2. The molecule has 0 saturated heterocycles. The quantitative estimate of drug-likeness (QED) is 0.448. The van der Waals surface area contributed by atoms with Crippen LogP contribution in [0.3, 0.4) is 0 Å². The van der Waals surface area contributed by atoms with E-state index < -0.39 is 0 Å². The summed E-state index contributed by atoms with van der Waals surface area (Å²) in [4.78, 5) is 11.4. The average Bonchev–Trinajstić information content (AvgIpc) is 2.53. The molecule has 0 aliphatic heterocycles. The second-order valence-electron chi connectivity index (χ2n) is 6.18. The number of nitroso groups, excluding NO2 is 1. The van der Waals surface area contributed by atoms with Crippen molar-refractivity contribution < 1.29 is 0 Å². The van der Waals surface area contributed by atoms with Crippen molar-refractivity contribution in [1.82, 2.24) is 0 Å². The van der Waals surface area contributed by atoms with E-state index in [0.29, 0.717) is 5.92 Å². The lowest BCUT2D eigenvalue weighted by Crippen LogP contribution is -2.25. The minimum absolute atomic E-state index is 0.0967. The third-order valence-electron chi connectivity index (χ3n) is 4.56. The first-order valence-corrected chi connectivity index (χ1v) is 8.43. The van der Waals surface area contributed by atoms with E-state index in [0.717, 1.165) is 19.3 Å². The Morgan fingerprint density at radius 3 is 2.71 bits per heavy atom. The molecule has 114 valence electrons. The van der Waals surface area contributed by atoms with Crippen LogP contribution < -0.4 is 0 Å². The number of rotatable bonds is 7. The first kappa shape index (κ1) is 15.9. The number of nitrogens with zero attached hydrogens (tertiary/aromatic N) is 1. The van der Waals surface area contributed by atoms with Gasteiger partial charge in [0.2, 0.25) is 0 Å². The summed E-state index contributed by atoms with van der Waals surface area (Å²) in [7, 11) is 0. The molecule has 0 aromatic heterocycles. The fourth-order valence-electron chi connectivity index (χ4n) is 3.39. The van der Waals surface area contributed by atoms with Crippen molar-refractivity contribution in [3.05, 3.63) is 46.4 Å². The van der Waals surface area contributed by atoms with E-state index in [1.807, 2.05) is 18.2 Å². The van der Waals surface area contributed by atoms with Crippen LogP contribution in [0.15, 0.2) is 41.1 Å².